The summed E-state index contributed by atoms with van der Waals surface area (Å²) in [5, 5.41) is 0. The number of hydrogen-bond acceptors (Lipinski definition) is 4. The third-order valence-electron chi connectivity index (χ3n) is 2.53. The van der Waals surface area contributed by atoms with E-state index in [1.165, 1.54) is 30.3 Å². The Balaban J connectivity index is 2.32. The fraction of sp³-hybridized carbons (Fsp3) is 0.0769. The topological polar surface area (TPSA) is 69.4 Å². The second-order valence-electron chi connectivity index (χ2n) is 4.15. The van der Waals surface area contributed by atoms with Gasteiger partial charge in [0.1, 0.15) is 17.3 Å². The standard InChI is InChI=1S/C13H11BrFNO3S/c1-20(17,18)9-3-5-13(12(16)7-9)19-8-2-4-10(14)11(15)6-8/h2-7H,16H2,1H3. The summed E-state index contributed by atoms with van der Waals surface area (Å²) < 4.78 is 41.9. The molecule has 0 spiro atoms. The molecule has 20 heavy (non-hydrogen) atoms. The molecular formula is C13H11BrFNO3S. The van der Waals surface area contributed by atoms with Crippen LogP contribution in [0.4, 0.5) is 10.1 Å². The fourth-order valence-corrected chi connectivity index (χ4v) is 2.42. The van der Waals surface area contributed by atoms with Crippen molar-refractivity contribution in [2.45, 2.75) is 4.90 Å². The number of benzene rings is 2. The van der Waals surface area contributed by atoms with Gasteiger partial charge in [0.15, 0.2) is 9.84 Å². The van der Waals surface area contributed by atoms with Crippen molar-refractivity contribution in [3.63, 3.8) is 0 Å². The molecule has 0 aromatic heterocycles. The number of anilines is 1. The van der Waals surface area contributed by atoms with E-state index in [9.17, 15) is 12.8 Å². The van der Waals surface area contributed by atoms with Crippen LogP contribution in [0, 0.1) is 5.82 Å². The van der Waals surface area contributed by atoms with Crippen molar-refractivity contribution in [3.05, 3.63) is 46.7 Å². The van der Waals surface area contributed by atoms with Gasteiger partial charge in [-0.3, -0.25) is 0 Å². The maximum atomic E-state index is 13.4. The Morgan fingerprint density at radius 3 is 2.45 bits per heavy atom. The average molecular weight is 360 g/mol. The van der Waals surface area contributed by atoms with Crippen molar-refractivity contribution in [2.75, 3.05) is 12.0 Å². The Morgan fingerprint density at radius 1 is 1.20 bits per heavy atom. The van der Waals surface area contributed by atoms with E-state index in [-0.39, 0.29) is 22.1 Å². The molecule has 2 N–H and O–H groups in total. The molecule has 2 aromatic rings. The number of halogens is 2. The Labute approximate surface area is 124 Å². The van der Waals surface area contributed by atoms with Gasteiger partial charge in [-0.05, 0) is 46.3 Å². The molecule has 0 bridgehead atoms. The molecule has 0 amide bonds. The first-order valence-corrected chi connectivity index (χ1v) is 8.18. The van der Waals surface area contributed by atoms with Crippen LogP contribution in [-0.4, -0.2) is 14.7 Å². The van der Waals surface area contributed by atoms with Crippen LogP contribution in [0.1, 0.15) is 0 Å². The molecule has 4 nitrogen and oxygen atoms in total. The summed E-state index contributed by atoms with van der Waals surface area (Å²) in [5.41, 5.74) is 5.90. The molecule has 0 aliphatic carbocycles. The number of nitrogen functional groups attached to an aromatic ring is 1. The lowest BCUT2D eigenvalue weighted by molar-refractivity contribution is 0.478. The molecule has 7 heteroatoms. The number of ether oxygens (including phenoxy) is 1. The van der Waals surface area contributed by atoms with Crippen molar-refractivity contribution >= 4 is 31.5 Å². The van der Waals surface area contributed by atoms with Crippen molar-refractivity contribution in [2.24, 2.45) is 0 Å². The van der Waals surface area contributed by atoms with Crippen LogP contribution in [0.15, 0.2) is 45.8 Å². The van der Waals surface area contributed by atoms with Crippen LogP contribution in [0.3, 0.4) is 0 Å². The SMILES string of the molecule is CS(=O)(=O)c1ccc(Oc2ccc(Br)c(F)c2)c(N)c1. The minimum atomic E-state index is -3.33. The highest BCUT2D eigenvalue weighted by Crippen LogP contribution is 2.31. The van der Waals surface area contributed by atoms with Gasteiger partial charge in [-0.2, -0.15) is 0 Å². The van der Waals surface area contributed by atoms with Crippen LogP contribution in [-0.2, 0) is 9.84 Å². The average Bonchev–Trinajstić information content (AvgIpc) is 2.35. The van der Waals surface area contributed by atoms with Gasteiger partial charge in [0, 0.05) is 12.3 Å². The van der Waals surface area contributed by atoms with Crippen LogP contribution >= 0.6 is 15.9 Å². The lowest BCUT2D eigenvalue weighted by atomic mass is 10.3. The second kappa shape index (κ2) is 5.41. The van der Waals surface area contributed by atoms with Crippen molar-refractivity contribution in [1.82, 2.24) is 0 Å². The fourth-order valence-electron chi connectivity index (χ4n) is 1.52. The monoisotopic (exact) mass is 359 g/mol. The van der Waals surface area contributed by atoms with Gasteiger partial charge in [-0.15, -0.1) is 0 Å². The molecule has 0 unspecified atom stereocenters. The highest BCUT2D eigenvalue weighted by Gasteiger charge is 2.11. The van der Waals surface area contributed by atoms with Gasteiger partial charge >= 0.3 is 0 Å². The third-order valence-corrected chi connectivity index (χ3v) is 4.28. The number of sulfone groups is 1. The van der Waals surface area contributed by atoms with Gasteiger partial charge < -0.3 is 10.5 Å². The molecule has 2 aromatic carbocycles. The zero-order valence-electron chi connectivity index (χ0n) is 10.4. The van der Waals surface area contributed by atoms with Gasteiger partial charge in [-0.25, -0.2) is 12.8 Å². The molecule has 0 fully saturated rings. The van der Waals surface area contributed by atoms with E-state index < -0.39 is 15.7 Å². The van der Waals surface area contributed by atoms with Crippen LogP contribution in [0.25, 0.3) is 0 Å². The third kappa shape index (κ3) is 3.29. The molecule has 0 atom stereocenters. The highest BCUT2D eigenvalue weighted by molar-refractivity contribution is 9.10. The van der Waals surface area contributed by atoms with Gasteiger partial charge in [0.05, 0.1) is 15.1 Å². The molecule has 106 valence electrons. The lowest BCUT2D eigenvalue weighted by Crippen LogP contribution is -2.00. The van der Waals surface area contributed by atoms with Crippen LogP contribution in [0.5, 0.6) is 11.5 Å². The predicted molar refractivity (Wildman–Crippen MR) is 78.1 cm³/mol. The highest BCUT2D eigenvalue weighted by atomic mass is 79.9. The van der Waals surface area contributed by atoms with Crippen molar-refractivity contribution in [3.8, 4) is 11.5 Å². The van der Waals surface area contributed by atoms with Gasteiger partial charge in [0.25, 0.3) is 0 Å². The molecule has 0 aliphatic heterocycles. The zero-order valence-corrected chi connectivity index (χ0v) is 12.8. The van der Waals surface area contributed by atoms with E-state index in [0.29, 0.717) is 4.47 Å². The van der Waals surface area contributed by atoms with Gasteiger partial charge in [-0.1, -0.05) is 0 Å². The van der Waals surface area contributed by atoms with Gasteiger partial charge in [0.2, 0.25) is 0 Å². The van der Waals surface area contributed by atoms with Crippen LogP contribution < -0.4 is 10.5 Å². The number of hydrogen-bond donors (Lipinski definition) is 1. The molecule has 0 aliphatic rings. The molecule has 0 heterocycles. The second-order valence-corrected chi connectivity index (χ2v) is 7.02. The summed E-state index contributed by atoms with van der Waals surface area (Å²) in [4.78, 5) is 0.101. The van der Waals surface area contributed by atoms with E-state index in [0.717, 1.165) is 6.26 Å². The minimum absolute atomic E-state index is 0.101. The van der Waals surface area contributed by atoms with E-state index in [4.69, 9.17) is 10.5 Å². The summed E-state index contributed by atoms with van der Waals surface area (Å²) in [6.07, 6.45) is 1.09. The first-order valence-electron chi connectivity index (χ1n) is 5.50. The maximum Gasteiger partial charge on any atom is 0.175 e. The largest absolute Gasteiger partial charge is 0.455 e. The molecule has 0 radical (unpaired) electrons. The molecule has 2 rings (SSSR count). The first kappa shape index (κ1) is 14.8. The normalized spacial score (nSPS) is 11.3. The Kier molecular flexibility index (Phi) is 4.01. The zero-order chi connectivity index (χ0) is 14.9. The van der Waals surface area contributed by atoms with Crippen molar-refractivity contribution in [1.29, 1.82) is 0 Å². The number of nitrogens with two attached hydrogens (primary N) is 1. The van der Waals surface area contributed by atoms with Crippen molar-refractivity contribution < 1.29 is 17.5 Å². The van der Waals surface area contributed by atoms with Crippen LogP contribution in [0.2, 0.25) is 0 Å². The summed E-state index contributed by atoms with van der Waals surface area (Å²) in [6.45, 7) is 0. The first-order chi connectivity index (χ1) is 9.27. The molecule has 0 saturated heterocycles. The summed E-state index contributed by atoms with van der Waals surface area (Å²) >= 11 is 3.04. The van der Waals surface area contributed by atoms with E-state index in [1.54, 1.807) is 6.07 Å². The Hall–Kier alpha value is -1.60. The van der Waals surface area contributed by atoms with E-state index >= 15 is 0 Å². The minimum Gasteiger partial charge on any atom is -0.455 e. The Morgan fingerprint density at radius 2 is 1.90 bits per heavy atom. The summed E-state index contributed by atoms with van der Waals surface area (Å²) in [5.74, 6) is 0.0671. The quantitative estimate of drug-likeness (QED) is 0.853. The lowest BCUT2D eigenvalue weighted by Gasteiger charge is -2.10. The predicted octanol–water partition coefficient (Wildman–Crippen LogP) is 3.37. The van der Waals surface area contributed by atoms with E-state index in [2.05, 4.69) is 15.9 Å². The number of rotatable bonds is 3. The molecular weight excluding hydrogens is 349 g/mol. The molecule has 0 saturated carbocycles. The van der Waals surface area contributed by atoms with E-state index in [1.807, 2.05) is 0 Å². The smallest absolute Gasteiger partial charge is 0.175 e. The summed E-state index contributed by atoms with van der Waals surface area (Å²) in [6, 6.07) is 8.40. The summed E-state index contributed by atoms with van der Waals surface area (Å²) in [7, 11) is -3.33. The Bertz CT molecular complexity index is 762. The maximum absolute atomic E-state index is 13.4.